The van der Waals surface area contributed by atoms with Crippen LogP contribution in [0.1, 0.15) is 11.3 Å². The van der Waals surface area contributed by atoms with Crippen LogP contribution in [0.5, 0.6) is 11.5 Å². The molecular weight excluding hydrogens is 364 g/mol. The fourth-order valence-electron chi connectivity index (χ4n) is 2.61. The van der Waals surface area contributed by atoms with Crippen LogP contribution < -0.4 is 9.47 Å². The van der Waals surface area contributed by atoms with Crippen molar-refractivity contribution in [2.45, 2.75) is 0 Å². The maximum Gasteiger partial charge on any atom is 0.341 e. The average Bonchev–Trinajstić information content (AvgIpc) is 2.70. The van der Waals surface area contributed by atoms with Crippen LogP contribution in [0.25, 0.3) is 23.1 Å². The number of non-ortho nitro benzene ring substituents is 1. The van der Waals surface area contributed by atoms with E-state index in [1.165, 1.54) is 13.2 Å². The molecule has 0 fully saturated rings. The lowest BCUT2D eigenvalue weighted by Gasteiger charge is -2.09. The third-order valence-corrected chi connectivity index (χ3v) is 3.90. The highest BCUT2D eigenvalue weighted by Crippen LogP contribution is 2.29. The van der Waals surface area contributed by atoms with Gasteiger partial charge < -0.3 is 14.6 Å². The lowest BCUT2D eigenvalue weighted by atomic mass is 10.1. The monoisotopic (exact) mass is 380 g/mol. The third-order valence-electron chi connectivity index (χ3n) is 3.90. The number of para-hydroxylation sites is 1. The van der Waals surface area contributed by atoms with Crippen molar-refractivity contribution in [2.24, 2.45) is 0 Å². The van der Waals surface area contributed by atoms with Crippen LogP contribution in [0.3, 0.4) is 0 Å². The van der Waals surface area contributed by atoms with Gasteiger partial charge in [0.25, 0.3) is 5.69 Å². The van der Waals surface area contributed by atoms with E-state index in [0.29, 0.717) is 28.1 Å². The van der Waals surface area contributed by atoms with Gasteiger partial charge in [-0.2, -0.15) is 0 Å². The molecule has 0 radical (unpaired) electrons. The summed E-state index contributed by atoms with van der Waals surface area (Å²) in [4.78, 5) is 25.7. The number of nitrogens with zero attached hydrogens (tertiary/aromatic N) is 2. The van der Waals surface area contributed by atoms with Crippen molar-refractivity contribution in [3.63, 3.8) is 0 Å². The summed E-state index contributed by atoms with van der Waals surface area (Å²) < 4.78 is 10.4. The SMILES string of the molecule is COc1cc(/C=C/c2ccc3cccc([N+](=O)[O-])c3n2)ccc1OCC(=O)O. The average molecular weight is 380 g/mol. The first-order valence-electron chi connectivity index (χ1n) is 8.23. The summed E-state index contributed by atoms with van der Waals surface area (Å²) >= 11 is 0. The maximum absolute atomic E-state index is 11.2. The Kier molecular flexibility index (Phi) is 5.50. The molecule has 142 valence electrons. The smallest absolute Gasteiger partial charge is 0.341 e. The zero-order valence-corrected chi connectivity index (χ0v) is 14.9. The fraction of sp³-hybridized carbons (Fsp3) is 0.100. The number of ether oxygens (including phenoxy) is 2. The topological polar surface area (TPSA) is 112 Å². The Morgan fingerprint density at radius 1 is 1.18 bits per heavy atom. The lowest BCUT2D eigenvalue weighted by Crippen LogP contribution is -2.10. The van der Waals surface area contributed by atoms with Crippen LogP contribution in [0, 0.1) is 10.1 Å². The molecule has 1 heterocycles. The molecule has 3 aromatic rings. The van der Waals surface area contributed by atoms with Gasteiger partial charge in [0, 0.05) is 11.5 Å². The molecule has 8 nitrogen and oxygen atoms in total. The van der Waals surface area contributed by atoms with Crippen LogP contribution in [-0.2, 0) is 4.79 Å². The number of benzene rings is 2. The number of aliphatic carboxylic acids is 1. The van der Waals surface area contributed by atoms with Crippen molar-refractivity contribution in [3.05, 3.63) is 69.9 Å². The highest BCUT2D eigenvalue weighted by molar-refractivity contribution is 5.88. The zero-order chi connectivity index (χ0) is 20.1. The van der Waals surface area contributed by atoms with E-state index in [0.717, 1.165) is 5.56 Å². The summed E-state index contributed by atoms with van der Waals surface area (Å²) in [6, 6.07) is 13.4. The molecule has 3 rings (SSSR count). The summed E-state index contributed by atoms with van der Waals surface area (Å²) in [6.45, 7) is -0.467. The number of methoxy groups -OCH3 is 1. The number of hydrogen-bond donors (Lipinski definition) is 1. The molecular formula is C20H16N2O6. The van der Waals surface area contributed by atoms with E-state index in [1.807, 2.05) is 0 Å². The first-order chi connectivity index (χ1) is 13.5. The van der Waals surface area contributed by atoms with Gasteiger partial charge in [-0.15, -0.1) is 0 Å². The van der Waals surface area contributed by atoms with Crippen molar-refractivity contribution in [2.75, 3.05) is 13.7 Å². The highest BCUT2D eigenvalue weighted by atomic mass is 16.6. The van der Waals surface area contributed by atoms with Crippen LogP contribution in [-0.4, -0.2) is 34.7 Å². The summed E-state index contributed by atoms with van der Waals surface area (Å²) in [5.41, 5.74) is 1.61. The molecule has 0 unspecified atom stereocenters. The van der Waals surface area contributed by atoms with Gasteiger partial charge in [0.1, 0.15) is 5.52 Å². The van der Waals surface area contributed by atoms with Gasteiger partial charge in [-0.05, 0) is 29.8 Å². The molecule has 0 bridgehead atoms. The Bertz CT molecular complexity index is 1080. The summed E-state index contributed by atoms with van der Waals surface area (Å²) in [5.74, 6) is -0.366. The predicted octanol–water partition coefficient (Wildman–Crippen LogP) is 3.79. The van der Waals surface area contributed by atoms with Crippen molar-refractivity contribution < 1.29 is 24.3 Å². The standard InChI is InChI=1S/C20H16N2O6/c1-27-18-11-13(6-10-17(18)28-12-19(23)24)5-8-15-9-7-14-3-2-4-16(22(25)26)20(14)21-15/h2-11H,12H2,1H3,(H,23,24)/b8-5+. The summed E-state index contributed by atoms with van der Waals surface area (Å²) in [7, 11) is 1.46. The molecule has 0 saturated heterocycles. The van der Waals surface area contributed by atoms with E-state index in [4.69, 9.17) is 14.6 Å². The fourth-order valence-corrected chi connectivity index (χ4v) is 2.61. The van der Waals surface area contributed by atoms with Crippen LogP contribution in [0.2, 0.25) is 0 Å². The molecule has 0 aliphatic rings. The zero-order valence-electron chi connectivity index (χ0n) is 14.9. The Balaban J connectivity index is 1.88. The number of rotatable bonds is 7. The number of pyridine rings is 1. The molecule has 0 amide bonds. The first kappa shape index (κ1) is 18.8. The Morgan fingerprint density at radius 3 is 2.71 bits per heavy atom. The van der Waals surface area contributed by atoms with Gasteiger partial charge in [0.2, 0.25) is 0 Å². The number of nitro benzene ring substituents is 1. The second-order valence-electron chi connectivity index (χ2n) is 5.77. The number of carboxylic acids is 1. The minimum atomic E-state index is -1.08. The molecule has 0 spiro atoms. The highest BCUT2D eigenvalue weighted by Gasteiger charge is 2.12. The molecule has 1 N–H and O–H groups in total. The number of hydrogen-bond acceptors (Lipinski definition) is 6. The Hall–Kier alpha value is -3.94. The second kappa shape index (κ2) is 8.17. The molecule has 28 heavy (non-hydrogen) atoms. The molecule has 0 aliphatic carbocycles. The Morgan fingerprint density at radius 2 is 2.00 bits per heavy atom. The van der Waals surface area contributed by atoms with E-state index >= 15 is 0 Å². The molecule has 0 aliphatic heterocycles. The quantitative estimate of drug-likeness (QED) is 0.490. The van der Waals surface area contributed by atoms with Crippen molar-refractivity contribution >= 4 is 34.7 Å². The first-order valence-corrected chi connectivity index (χ1v) is 8.23. The molecule has 1 aromatic heterocycles. The number of nitro groups is 1. The minimum Gasteiger partial charge on any atom is -0.493 e. The van der Waals surface area contributed by atoms with Crippen molar-refractivity contribution in [1.82, 2.24) is 4.98 Å². The van der Waals surface area contributed by atoms with Gasteiger partial charge >= 0.3 is 5.97 Å². The molecule has 2 aromatic carbocycles. The number of carboxylic acid groups (broad SMARTS) is 1. The van der Waals surface area contributed by atoms with Gasteiger partial charge in [0.05, 0.1) is 17.7 Å². The van der Waals surface area contributed by atoms with Gasteiger partial charge in [-0.3, -0.25) is 10.1 Å². The maximum atomic E-state index is 11.2. The van der Waals surface area contributed by atoms with Crippen LogP contribution in [0.4, 0.5) is 5.69 Å². The van der Waals surface area contributed by atoms with E-state index in [2.05, 4.69) is 4.98 Å². The second-order valence-corrected chi connectivity index (χ2v) is 5.77. The van der Waals surface area contributed by atoms with E-state index in [1.54, 1.807) is 54.6 Å². The number of aromatic nitrogens is 1. The van der Waals surface area contributed by atoms with E-state index in [9.17, 15) is 14.9 Å². The van der Waals surface area contributed by atoms with Gasteiger partial charge in [-0.1, -0.05) is 30.3 Å². The summed E-state index contributed by atoms with van der Waals surface area (Å²) in [6.07, 6.45) is 3.50. The number of fused-ring (bicyclic) bond motifs is 1. The Labute approximate surface area is 159 Å². The normalized spacial score (nSPS) is 10.9. The minimum absolute atomic E-state index is 0.0469. The number of carbonyl (C=O) groups is 1. The summed E-state index contributed by atoms with van der Waals surface area (Å²) in [5, 5.41) is 20.6. The van der Waals surface area contributed by atoms with Gasteiger partial charge in [-0.25, -0.2) is 9.78 Å². The van der Waals surface area contributed by atoms with E-state index < -0.39 is 17.5 Å². The van der Waals surface area contributed by atoms with Crippen LogP contribution in [0.15, 0.2) is 48.5 Å². The van der Waals surface area contributed by atoms with E-state index in [-0.39, 0.29) is 5.69 Å². The van der Waals surface area contributed by atoms with Crippen LogP contribution >= 0.6 is 0 Å². The lowest BCUT2D eigenvalue weighted by molar-refractivity contribution is -0.383. The largest absolute Gasteiger partial charge is 0.493 e. The van der Waals surface area contributed by atoms with Gasteiger partial charge in [0.15, 0.2) is 18.1 Å². The van der Waals surface area contributed by atoms with Crippen molar-refractivity contribution in [1.29, 1.82) is 0 Å². The predicted molar refractivity (Wildman–Crippen MR) is 103 cm³/mol. The van der Waals surface area contributed by atoms with Crippen molar-refractivity contribution in [3.8, 4) is 11.5 Å². The molecule has 8 heteroatoms. The third kappa shape index (κ3) is 4.24. The molecule has 0 saturated carbocycles. The molecule has 0 atom stereocenters.